The van der Waals surface area contributed by atoms with Crippen molar-refractivity contribution >= 4 is 16.6 Å². The van der Waals surface area contributed by atoms with E-state index >= 15 is 0 Å². The van der Waals surface area contributed by atoms with Crippen molar-refractivity contribution in [3.8, 4) is 0 Å². The predicted octanol–water partition coefficient (Wildman–Crippen LogP) is 2.70. The highest BCUT2D eigenvalue weighted by atomic mass is 16.5. The van der Waals surface area contributed by atoms with Gasteiger partial charge in [-0.15, -0.1) is 0 Å². The summed E-state index contributed by atoms with van der Waals surface area (Å²) >= 11 is 0. The highest BCUT2D eigenvalue weighted by Crippen LogP contribution is 2.31. The van der Waals surface area contributed by atoms with Gasteiger partial charge in [-0.2, -0.15) is 0 Å². The molecule has 0 aliphatic carbocycles. The van der Waals surface area contributed by atoms with Crippen molar-refractivity contribution in [3.05, 3.63) is 36.0 Å². The molecule has 0 amide bonds. The largest absolute Gasteiger partial charge is 0.377 e. The van der Waals surface area contributed by atoms with E-state index in [4.69, 9.17) is 15.5 Å². The average Bonchev–Trinajstić information content (AvgIpc) is 2.53. The fourth-order valence-electron chi connectivity index (χ4n) is 3.13. The second-order valence-corrected chi connectivity index (χ2v) is 6.04. The fraction of sp³-hybridized carbons (Fsp3) is 0.471. The Labute approximate surface area is 125 Å². The summed E-state index contributed by atoms with van der Waals surface area (Å²) in [6, 6.07) is 10.5. The summed E-state index contributed by atoms with van der Waals surface area (Å²) in [5, 5.41) is 2.39. The fourth-order valence-corrected chi connectivity index (χ4v) is 3.13. The minimum atomic E-state index is -0.0975. The molecule has 1 fully saturated rings. The van der Waals surface area contributed by atoms with E-state index in [1.165, 1.54) is 10.8 Å². The molecule has 21 heavy (non-hydrogen) atoms. The van der Waals surface area contributed by atoms with Crippen LogP contribution in [0, 0.1) is 0 Å². The molecular formula is C17H23N3O. The molecule has 4 heteroatoms. The molecule has 1 aromatic heterocycles. The van der Waals surface area contributed by atoms with Crippen molar-refractivity contribution in [3.63, 3.8) is 0 Å². The minimum Gasteiger partial charge on any atom is -0.377 e. The Morgan fingerprint density at radius 2 is 2.19 bits per heavy atom. The van der Waals surface area contributed by atoms with Gasteiger partial charge in [-0.3, -0.25) is 0 Å². The number of nitrogens with zero attached hydrogens (tertiary/aromatic N) is 2. The Morgan fingerprint density at radius 1 is 1.38 bits per heavy atom. The molecule has 112 valence electrons. The van der Waals surface area contributed by atoms with Gasteiger partial charge in [0, 0.05) is 32.1 Å². The molecule has 2 aromatic rings. The van der Waals surface area contributed by atoms with Crippen molar-refractivity contribution in [1.29, 1.82) is 0 Å². The summed E-state index contributed by atoms with van der Waals surface area (Å²) in [5.74, 6) is 1.04. The number of piperidine rings is 1. The van der Waals surface area contributed by atoms with E-state index in [9.17, 15) is 0 Å². The SMILES string of the molecule is COC1(C)CCCN(c2nc(CN)cc3ccccc23)C1. The lowest BCUT2D eigenvalue weighted by molar-refractivity contribution is -0.00475. The number of nitrogens with two attached hydrogens (primary N) is 1. The van der Waals surface area contributed by atoms with Gasteiger partial charge in [-0.05, 0) is 31.2 Å². The van der Waals surface area contributed by atoms with Gasteiger partial charge in [-0.1, -0.05) is 24.3 Å². The second-order valence-electron chi connectivity index (χ2n) is 6.04. The predicted molar refractivity (Wildman–Crippen MR) is 86.5 cm³/mol. The molecule has 0 saturated carbocycles. The first-order valence-corrected chi connectivity index (χ1v) is 7.54. The summed E-state index contributed by atoms with van der Waals surface area (Å²) in [7, 11) is 1.80. The molecule has 0 radical (unpaired) electrons. The summed E-state index contributed by atoms with van der Waals surface area (Å²) in [6.07, 6.45) is 2.21. The van der Waals surface area contributed by atoms with Crippen molar-refractivity contribution in [2.75, 3.05) is 25.1 Å². The van der Waals surface area contributed by atoms with Crippen molar-refractivity contribution in [2.24, 2.45) is 5.73 Å². The van der Waals surface area contributed by atoms with Crippen LogP contribution in [-0.2, 0) is 11.3 Å². The minimum absolute atomic E-state index is 0.0975. The molecule has 1 aromatic carbocycles. The van der Waals surface area contributed by atoms with E-state index in [0.29, 0.717) is 6.54 Å². The van der Waals surface area contributed by atoms with Crippen molar-refractivity contribution in [2.45, 2.75) is 31.9 Å². The maximum absolute atomic E-state index is 5.81. The van der Waals surface area contributed by atoms with Crippen LogP contribution < -0.4 is 10.6 Å². The van der Waals surface area contributed by atoms with Gasteiger partial charge in [0.25, 0.3) is 0 Å². The average molecular weight is 285 g/mol. The smallest absolute Gasteiger partial charge is 0.136 e. The number of fused-ring (bicyclic) bond motifs is 1. The lowest BCUT2D eigenvalue weighted by Gasteiger charge is -2.40. The maximum Gasteiger partial charge on any atom is 0.136 e. The van der Waals surface area contributed by atoms with Gasteiger partial charge in [-0.25, -0.2) is 4.98 Å². The Kier molecular flexibility index (Phi) is 3.83. The molecule has 2 heterocycles. The summed E-state index contributed by atoms with van der Waals surface area (Å²) in [4.78, 5) is 7.13. The highest BCUT2D eigenvalue weighted by molar-refractivity contribution is 5.92. The number of anilines is 1. The number of aromatic nitrogens is 1. The lowest BCUT2D eigenvalue weighted by atomic mass is 9.94. The molecule has 1 aliphatic heterocycles. The number of rotatable bonds is 3. The molecule has 3 rings (SSSR count). The molecular weight excluding hydrogens is 262 g/mol. The first kappa shape index (κ1) is 14.3. The van der Waals surface area contributed by atoms with Crippen LogP contribution in [0.4, 0.5) is 5.82 Å². The lowest BCUT2D eigenvalue weighted by Crippen LogP contribution is -2.47. The van der Waals surface area contributed by atoms with Gasteiger partial charge in [0.15, 0.2) is 0 Å². The van der Waals surface area contributed by atoms with Crippen molar-refractivity contribution < 1.29 is 4.74 Å². The molecule has 2 N–H and O–H groups in total. The third-order valence-corrected chi connectivity index (χ3v) is 4.43. The molecule has 1 saturated heterocycles. The monoisotopic (exact) mass is 285 g/mol. The number of hydrogen-bond donors (Lipinski definition) is 1. The third kappa shape index (κ3) is 2.74. The number of methoxy groups -OCH3 is 1. The quantitative estimate of drug-likeness (QED) is 0.942. The number of benzene rings is 1. The molecule has 0 bridgehead atoms. The molecule has 4 nitrogen and oxygen atoms in total. The van der Waals surface area contributed by atoms with Gasteiger partial charge in [0.2, 0.25) is 0 Å². The zero-order chi connectivity index (χ0) is 14.9. The normalized spacial score (nSPS) is 22.7. The standard InChI is InChI=1S/C17H23N3O/c1-17(21-2)8-5-9-20(12-17)16-15-7-4-3-6-13(15)10-14(11-18)19-16/h3-4,6-7,10H,5,8-9,11-12,18H2,1-2H3. The van der Waals surface area contributed by atoms with Crippen LogP contribution in [0.3, 0.4) is 0 Å². The van der Waals surface area contributed by atoms with E-state index in [1.807, 2.05) is 0 Å². The number of hydrogen-bond acceptors (Lipinski definition) is 4. The Hall–Kier alpha value is -1.65. The van der Waals surface area contributed by atoms with Crippen molar-refractivity contribution in [1.82, 2.24) is 4.98 Å². The van der Waals surface area contributed by atoms with E-state index in [0.717, 1.165) is 37.4 Å². The highest BCUT2D eigenvalue weighted by Gasteiger charge is 2.32. The van der Waals surface area contributed by atoms with E-state index in [2.05, 4.69) is 42.2 Å². The van der Waals surface area contributed by atoms with E-state index < -0.39 is 0 Å². The van der Waals surface area contributed by atoms with Gasteiger partial charge < -0.3 is 15.4 Å². The number of ether oxygens (including phenoxy) is 1. The van der Waals surface area contributed by atoms with Crippen LogP contribution in [0.5, 0.6) is 0 Å². The maximum atomic E-state index is 5.81. The molecule has 0 spiro atoms. The summed E-state index contributed by atoms with van der Waals surface area (Å²) in [5.41, 5.74) is 6.65. The van der Waals surface area contributed by atoms with Crippen LogP contribution in [0.15, 0.2) is 30.3 Å². The number of pyridine rings is 1. The molecule has 1 aliphatic rings. The Bertz CT molecular complexity index is 643. The van der Waals surface area contributed by atoms with Gasteiger partial charge in [0.1, 0.15) is 5.82 Å². The Morgan fingerprint density at radius 3 is 2.95 bits per heavy atom. The Balaban J connectivity index is 2.06. The van der Waals surface area contributed by atoms with Crippen LogP contribution >= 0.6 is 0 Å². The zero-order valence-corrected chi connectivity index (χ0v) is 12.8. The van der Waals surface area contributed by atoms with Crippen LogP contribution in [-0.4, -0.2) is 30.8 Å². The zero-order valence-electron chi connectivity index (χ0n) is 12.8. The van der Waals surface area contributed by atoms with Gasteiger partial charge in [0.05, 0.1) is 11.3 Å². The molecule has 1 unspecified atom stereocenters. The summed E-state index contributed by atoms with van der Waals surface area (Å²) in [6.45, 7) is 4.53. The van der Waals surface area contributed by atoms with Crippen LogP contribution in [0.25, 0.3) is 10.8 Å². The molecule has 1 atom stereocenters. The van der Waals surface area contributed by atoms with E-state index in [-0.39, 0.29) is 5.60 Å². The first-order chi connectivity index (χ1) is 10.1. The second kappa shape index (κ2) is 5.62. The van der Waals surface area contributed by atoms with Crippen LogP contribution in [0.1, 0.15) is 25.5 Å². The van der Waals surface area contributed by atoms with Gasteiger partial charge >= 0.3 is 0 Å². The first-order valence-electron chi connectivity index (χ1n) is 7.54. The van der Waals surface area contributed by atoms with E-state index in [1.54, 1.807) is 7.11 Å². The summed E-state index contributed by atoms with van der Waals surface area (Å²) < 4.78 is 5.70. The third-order valence-electron chi connectivity index (χ3n) is 4.43. The topological polar surface area (TPSA) is 51.4 Å². The van der Waals surface area contributed by atoms with Crippen LogP contribution in [0.2, 0.25) is 0 Å².